The first-order chi connectivity index (χ1) is 12.6. The van der Waals surface area contributed by atoms with Crippen LogP contribution in [0.15, 0.2) is 54.9 Å². The van der Waals surface area contributed by atoms with E-state index in [-0.39, 0.29) is 11.8 Å². The summed E-state index contributed by atoms with van der Waals surface area (Å²) in [5, 5.41) is 13.6. The fourth-order valence-electron chi connectivity index (χ4n) is 2.80. The number of aromatic nitrogens is 2. The second-order valence-corrected chi connectivity index (χ2v) is 6.66. The van der Waals surface area contributed by atoms with Gasteiger partial charge in [-0.05, 0) is 36.6 Å². The van der Waals surface area contributed by atoms with Crippen molar-refractivity contribution in [1.29, 1.82) is 0 Å². The van der Waals surface area contributed by atoms with E-state index < -0.39 is 6.10 Å². The van der Waals surface area contributed by atoms with Crippen molar-refractivity contribution in [3.63, 3.8) is 0 Å². The number of aliphatic hydroxyl groups is 1. The van der Waals surface area contributed by atoms with Crippen LogP contribution in [0.3, 0.4) is 0 Å². The number of carbonyl (C=O) groups excluding carboxylic acids is 1. The molecule has 0 saturated carbocycles. The Morgan fingerprint density at radius 3 is 2.62 bits per heavy atom. The van der Waals surface area contributed by atoms with Crippen LogP contribution in [0.25, 0.3) is 22.2 Å². The Bertz CT molecular complexity index is 894. The van der Waals surface area contributed by atoms with Crippen molar-refractivity contribution < 1.29 is 9.90 Å². The first-order valence-electron chi connectivity index (χ1n) is 8.82. The lowest BCUT2D eigenvalue weighted by Gasteiger charge is -2.15. The molecule has 5 nitrogen and oxygen atoms in total. The summed E-state index contributed by atoms with van der Waals surface area (Å²) in [4.78, 5) is 21.5. The van der Waals surface area contributed by atoms with E-state index in [0.717, 1.165) is 22.2 Å². The quantitative estimate of drug-likeness (QED) is 0.715. The lowest BCUT2D eigenvalue weighted by atomic mass is 10.0. The summed E-state index contributed by atoms with van der Waals surface area (Å²) in [6.07, 6.45) is 3.53. The molecular formula is C21H23N3O2. The van der Waals surface area contributed by atoms with Crippen molar-refractivity contribution in [1.82, 2.24) is 15.3 Å². The van der Waals surface area contributed by atoms with Gasteiger partial charge in [-0.1, -0.05) is 32.0 Å². The molecule has 1 unspecified atom stereocenters. The van der Waals surface area contributed by atoms with Crippen molar-refractivity contribution in [3.05, 3.63) is 60.4 Å². The molecule has 5 heteroatoms. The molecule has 2 heterocycles. The maximum Gasteiger partial charge on any atom is 0.252 e. The van der Waals surface area contributed by atoms with Gasteiger partial charge in [0.2, 0.25) is 0 Å². The van der Waals surface area contributed by atoms with Crippen molar-refractivity contribution in [2.45, 2.75) is 26.4 Å². The zero-order valence-corrected chi connectivity index (χ0v) is 15.0. The van der Waals surface area contributed by atoms with E-state index in [0.29, 0.717) is 18.5 Å². The predicted octanol–water partition coefficient (Wildman–Crippen LogP) is 3.43. The fraction of sp³-hybridized carbons (Fsp3) is 0.286. The van der Waals surface area contributed by atoms with Gasteiger partial charge in [0, 0.05) is 29.9 Å². The zero-order chi connectivity index (χ0) is 18.5. The number of para-hydroxylation sites is 1. The van der Waals surface area contributed by atoms with Crippen LogP contribution in [-0.4, -0.2) is 33.6 Å². The fourth-order valence-corrected chi connectivity index (χ4v) is 2.80. The molecule has 0 saturated heterocycles. The number of hydrogen-bond donors (Lipinski definition) is 2. The van der Waals surface area contributed by atoms with Gasteiger partial charge in [0.15, 0.2) is 0 Å². The minimum atomic E-state index is -0.420. The molecule has 0 radical (unpaired) electrons. The minimum Gasteiger partial charge on any atom is -0.393 e. The topological polar surface area (TPSA) is 75.1 Å². The molecule has 1 aromatic carbocycles. The molecule has 1 amide bonds. The number of rotatable bonds is 6. The normalized spacial score (nSPS) is 12.3. The van der Waals surface area contributed by atoms with Crippen LogP contribution in [0, 0.1) is 5.92 Å². The first kappa shape index (κ1) is 18.0. The number of nitrogens with zero attached hydrogens (tertiary/aromatic N) is 2. The Hall–Kier alpha value is -2.79. The summed E-state index contributed by atoms with van der Waals surface area (Å²) in [6, 6.07) is 13.2. The average Bonchev–Trinajstić information content (AvgIpc) is 2.67. The van der Waals surface area contributed by atoms with Gasteiger partial charge in [-0.2, -0.15) is 0 Å². The Morgan fingerprint density at radius 2 is 1.88 bits per heavy atom. The van der Waals surface area contributed by atoms with Crippen molar-refractivity contribution in [3.8, 4) is 11.3 Å². The number of hydrogen-bond acceptors (Lipinski definition) is 4. The lowest BCUT2D eigenvalue weighted by molar-refractivity contribution is 0.0921. The van der Waals surface area contributed by atoms with Crippen LogP contribution in [0.2, 0.25) is 0 Å². The largest absolute Gasteiger partial charge is 0.393 e. The molecule has 0 bridgehead atoms. The first-order valence-corrected chi connectivity index (χ1v) is 8.82. The Morgan fingerprint density at radius 1 is 1.15 bits per heavy atom. The van der Waals surface area contributed by atoms with E-state index in [4.69, 9.17) is 0 Å². The highest BCUT2D eigenvalue weighted by Gasteiger charge is 2.15. The summed E-state index contributed by atoms with van der Waals surface area (Å²) < 4.78 is 0. The molecule has 0 aliphatic carbocycles. The highest BCUT2D eigenvalue weighted by Crippen LogP contribution is 2.24. The summed E-state index contributed by atoms with van der Waals surface area (Å²) in [5.74, 6) is 0.0156. The maximum absolute atomic E-state index is 12.8. The number of pyridine rings is 2. The third kappa shape index (κ3) is 4.06. The van der Waals surface area contributed by atoms with Gasteiger partial charge in [-0.15, -0.1) is 0 Å². The third-order valence-electron chi connectivity index (χ3n) is 4.43. The van der Waals surface area contributed by atoms with Gasteiger partial charge in [0.1, 0.15) is 0 Å². The van der Waals surface area contributed by atoms with Gasteiger partial charge in [0.05, 0.1) is 22.9 Å². The molecule has 26 heavy (non-hydrogen) atoms. The van der Waals surface area contributed by atoms with Crippen LogP contribution in [0.4, 0.5) is 0 Å². The number of carbonyl (C=O) groups is 1. The number of aliphatic hydroxyl groups excluding tert-OH is 1. The molecule has 1 atom stereocenters. The maximum atomic E-state index is 12.8. The van der Waals surface area contributed by atoms with Crippen molar-refractivity contribution in [2.75, 3.05) is 6.54 Å². The highest BCUT2D eigenvalue weighted by molar-refractivity contribution is 6.07. The van der Waals surface area contributed by atoms with Crippen LogP contribution in [-0.2, 0) is 0 Å². The smallest absolute Gasteiger partial charge is 0.252 e. The molecule has 3 aromatic rings. The average molecular weight is 349 g/mol. The van der Waals surface area contributed by atoms with E-state index in [9.17, 15) is 9.90 Å². The van der Waals surface area contributed by atoms with Crippen LogP contribution in [0.1, 0.15) is 30.6 Å². The SMILES string of the molecule is CC(C)C(O)CCNC(=O)c1cc(-c2ccncc2)nc2ccccc12. The van der Waals surface area contributed by atoms with E-state index in [1.165, 1.54) is 0 Å². The van der Waals surface area contributed by atoms with E-state index in [1.54, 1.807) is 12.4 Å². The minimum absolute atomic E-state index is 0.158. The van der Waals surface area contributed by atoms with E-state index in [2.05, 4.69) is 15.3 Å². The van der Waals surface area contributed by atoms with E-state index in [1.807, 2.05) is 56.3 Å². The van der Waals surface area contributed by atoms with Crippen LogP contribution >= 0.6 is 0 Å². The van der Waals surface area contributed by atoms with Crippen LogP contribution < -0.4 is 5.32 Å². The second kappa shape index (κ2) is 8.06. The predicted molar refractivity (Wildman–Crippen MR) is 103 cm³/mol. The molecule has 134 valence electrons. The summed E-state index contributed by atoms with van der Waals surface area (Å²) >= 11 is 0. The molecule has 0 spiro atoms. The highest BCUT2D eigenvalue weighted by atomic mass is 16.3. The molecule has 0 aliphatic heterocycles. The summed E-state index contributed by atoms with van der Waals surface area (Å²) in [5.41, 5.74) is 3.00. The molecule has 0 aliphatic rings. The van der Waals surface area contributed by atoms with Gasteiger partial charge in [-0.3, -0.25) is 9.78 Å². The van der Waals surface area contributed by atoms with E-state index >= 15 is 0 Å². The van der Waals surface area contributed by atoms with Crippen LogP contribution in [0.5, 0.6) is 0 Å². The Balaban J connectivity index is 1.90. The lowest BCUT2D eigenvalue weighted by Crippen LogP contribution is -2.29. The third-order valence-corrected chi connectivity index (χ3v) is 4.43. The molecular weight excluding hydrogens is 326 g/mol. The standard InChI is InChI=1S/C21H23N3O2/c1-14(2)20(25)9-12-23-21(26)17-13-19(15-7-10-22-11-8-15)24-18-6-4-3-5-16(17)18/h3-8,10-11,13-14,20,25H,9,12H2,1-2H3,(H,23,26). The monoisotopic (exact) mass is 349 g/mol. The second-order valence-electron chi connectivity index (χ2n) is 6.66. The summed E-state index contributed by atoms with van der Waals surface area (Å²) in [7, 11) is 0. The Labute approximate surface area is 153 Å². The Kier molecular flexibility index (Phi) is 5.58. The molecule has 2 N–H and O–H groups in total. The van der Waals surface area contributed by atoms with Gasteiger partial charge in [-0.25, -0.2) is 4.98 Å². The van der Waals surface area contributed by atoms with Crippen molar-refractivity contribution in [2.24, 2.45) is 5.92 Å². The van der Waals surface area contributed by atoms with Crippen molar-refractivity contribution >= 4 is 16.8 Å². The molecule has 3 rings (SSSR count). The number of fused-ring (bicyclic) bond motifs is 1. The van der Waals surface area contributed by atoms with Gasteiger partial charge < -0.3 is 10.4 Å². The number of amides is 1. The summed E-state index contributed by atoms with van der Waals surface area (Å²) in [6.45, 7) is 4.35. The molecule has 0 fully saturated rings. The molecule has 2 aromatic heterocycles. The van der Waals surface area contributed by atoms with Gasteiger partial charge >= 0.3 is 0 Å². The number of nitrogens with one attached hydrogen (secondary N) is 1. The number of benzene rings is 1. The van der Waals surface area contributed by atoms with Gasteiger partial charge in [0.25, 0.3) is 5.91 Å². The zero-order valence-electron chi connectivity index (χ0n) is 15.0.